The molecule has 1 saturated carbocycles. The Hall–Kier alpha value is -1.37. The summed E-state index contributed by atoms with van der Waals surface area (Å²) in [7, 11) is 0. The lowest BCUT2D eigenvalue weighted by molar-refractivity contribution is 0.0842. The minimum Gasteiger partial charge on any atom is -0.264 e. The third-order valence-corrected chi connectivity index (χ3v) is 7.11. The number of nitrogens with zero attached hydrogens (tertiary/aromatic N) is 1. The van der Waals surface area contributed by atoms with Crippen molar-refractivity contribution < 1.29 is 0 Å². The van der Waals surface area contributed by atoms with E-state index in [4.69, 9.17) is 0 Å². The Kier molecular flexibility index (Phi) is 6.37. The van der Waals surface area contributed by atoms with Crippen LogP contribution in [0.2, 0.25) is 0 Å². The highest BCUT2D eigenvalue weighted by Crippen LogP contribution is 2.54. The average Bonchev–Trinajstić information content (AvgIpc) is 3.06. The molecule has 3 rings (SSSR count). The normalized spacial score (nSPS) is 29.3. The molecule has 1 aromatic heterocycles. The van der Waals surface area contributed by atoms with Crippen molar-refractivity contribution in [3.05, 3.63) is 48.3 Å². The molecule has 2 aliphatic rings. The van der Waals surface area contributed by atoms with E-state index in [9.17, 15) is 0 Å². The second kappa shape index (κ2) is 8.55. The molecular weight excluding hydrogens is 314 g/mol. The summed E-state index contributed by atoms with van der Waals surface area (Å²) in [6.07, 6.45) is 14.4. The van der Waals surface area contributed by atoms with Crippen LogP contribution >= 0.6 is 0 Å². The monoisotopic (exact) mass is 351 g/mol. The summed E-state index contributed by atoms with van der Waals surface area (Å²) in [6, 6.07) is 4.32. The topological polar surface area (TPSA) is 12.9 Å². The van der Waals surface area contributed by atoms with Crippen molar-refractivity contribution in [1.82, 2.24) is 4.98 Å². The van der Waals surface area contributed by atoms with E-state index in [0.717, 1.165) is 29.6 Å². The van der Waals surface area contributed by atoms with E-state index in [1.165, 1.54) is 49.7 Å². The van der Waals surface area contributed by atoms with Crippen LogP contribution in [0, 0.1) is 35.5 Å². The van der Waals surface area contributed by atoms with Gasteiger partial charge in [-0.25, -0.2) is 0 Å². The fraction of sp³-hybridized carbons (Fsp3) is 0.640. The van der Waals surface area contributed by atoms with Crippen LogP contribution in [0.5, 0.6) is 0 Å². The first-order chi connectivity index (χ1) is 12.5. The maximum atomic E-state index is 4.40. The Morgan fingerprint density at radius 3 is 2.69 bits per heavy atom. The van der Waals surface area contributed by atoms with Crippen LogP contribution in [0.4, 0.5) is 0 Å². The van der Waals surface area contributed by atoms with Crippen LogP contribution in [0.1, 0.15) is 71.8 Å². The summed E-state index contributed by atoms with van der Waals surface area (Å²) >= 11 is 0. The maximum Gasteiger partial charge on any atom is 0.0343 e. The molecule has 2 aliphatic carbocycles. The predicted molar refractivity (Wildman–Crippen MR) is 113 cm³/mol. The van der Waals surface area contributed by atoms with Gasteiger partial charge in [-0.3, -0.25) is 4.98 Å². The lowest BCUT2D eigenvalue weighted by Crippen LogP contribution is -2.37. The van der Waals surface area contributed by atoms with Crippen LogP contribution in [0.3, 0.4) is 0 Å². The molecule has 5 unspecified atom stereocenters. The van der Waals surface area contributed by atoms with Crippen molar-refractivity contribution >= 4 is 5.57 Å². The van der Waals surface area contributed by atoms with Crippen LogP contribution in [-0.4, -0.2) is 4.98 Å². The zero-order valence-electron chi connectivity index (χ0n) is 17.2. The number of aromatic nitrogens is 1. The lowest BCUT2D eigenvalue weighted by atomic mass is 9.60. The summed E-state index contributed by atoms with van der Waals surface area (Å²) in [5.74, 6) is 4.75. The summed E-state index contributed by atoms with van der Waals surface area (Å²) in [5, 5.41) is 0. The summed E-state index contributed by atoms with van der Waals surface area (Å²) in [6.45, 7) is 13.8. The standard InChI is InChI=1S/C25H37N/c1-6-20-23(21(18(4)5)10-9-17(2)3)13-14-25-22(11-12-24(20)25)19-8-7-15-26-16-19/h7-8,11,15-17,20-21,23-25H,4,6,9-10,12-14H2,1-3,5H3. The maximum absolute atomic E-state index is 4.40. The van der Waals surface area contributed by atoms with Gasteiger partial charge in [0.25, 0.3) is 0 Å². The first kappa shape index (κ1) is 19.4. The quantitative estimate of drug-likeness (QED) is 0.475. The Bertz CT molecular complexity index is 627. The van der Waals surface area contributed by atoms with Gasteiger partial charge >= 0.3 is 0 Å². The summed E-state index contributed by atoms with van der Waals surface area (Å²) in [5.41, 5.74) is 4.35. The van der Waals surface area contributed by atoms with Gasteiger partial charge in [-0.2, -0.15) is 0 Å². The molecule has 0 bridgehead atoms. The smallest absolute Gasteiger partial charge is 0.0343 e. The number of allylic oxidation sites excluding steroid dienone is 3. The highest BCUT2D eigenvalue weighted by molar-refractivity contribution is 5.69. The van der Waals surface area contributed by atoms with Crippen molar-refractivity contribution in [2.24, 2.45) is 35.5 Å². The van der Waals surface area contributed by atoms with E-state index in [-0.39, 0.29) is 0 Å². The molecule has 0 saturated heterocycles. The van der Waals surface area contributed by atoms with Gasteiger partial charge in [0.05, 0.1) is 0 Å². The highest BCUT2D eigenvalue weighted by Gasteiger charge is 2.44. The predicted octanol–water partition coefficient (Wildman–Crippen LogP) is 7.17. The zero-order chi connectivity index (χ0) is 18.7. The van der Waals surface area contributed by atoms with Gasteiger partial charge < -0.3 is 0 Å². The molecule has 5 atom stereocenters. The molecule has 1 heteroatoms. The molecule has 0 aliphatic heterocycles. The van der Waals surface area contributed by atoms with Gasteiger partial charge in [0.15, 0.2) is 0 Å². The summed E-state index contributed by atoms with van der Waals surface area (Å²) in [4.78, 5) is 4.36. The number of fused-ring (bicyclic) bond motifs is 1. The molecule has 0 N–H and O–H groups in total. The molecule has 142 valence electrons. The van der Waals surface area contributed by atoms with Gasteiger partial charge in [0.2, 0.25) is 0 Å². The van der Waals surface area contributed by atoms with Crippen molar-refractivity contribution in [2.75, 3.05) is 0 Å². The minimum absolute atomic E-state index is 0.714. The van der Waals surface area contributed by atoms with Crippen molar-refractivity contribution in [3.63, 3.8) is 0 Å². The van der Waals surface area contributed by atoms with Crippen LogP contribution < -0.4 is 0 Å². The second-order valence-corrected chi connectivity index (χ2v) is 9.14. The molecular formula is C25H37N. The van der Waals surface area contributed by atoms with Crippen LogP contribution in [0.15, 0.2) is 42.8 Å². The Balaban J connectivity index is 1.77. The van der Waals surface area contributed by atoms with Crippen LogP contribution in [-0.2, 0) is 0 Å². The van der Waals surface area contributed by atoms with Gasteiger partial charge in [0.1, 0.15) is 0 Å². The minimum atomic E-state index is 0.714. The second-order valence-electron chi connectivity index (χ2n) is 9.14. The van der Waals surface area contributed by atoms with E-state index >= 15 is 0 Å². The van der Waals surface area contributed by atoms with Gasteiger partial charge in [-0.15, -0.1) is 0 Å². The van der Waals surface area contributed by atoms with Gasteiger partial charge in [0, 0.05) is 12.4 Å². The molecule has 1 fully saturated rings. The Morgan fingerprint density at radius 2 is 2.08 bits per heavy atom. The average molecular weight is 352 g/mol. The number of hydrogen-bond donors (Lipinski definition) is 0. The van der Waals surface area contributed by atoms with E-state index in [1.54, 1.807) is 5.57 Å². The molecule has 1 nitrogen and oxygen atoms in total. The third kappa shape index (κ3) is 3.97. The van der Waals surface area contributed by atoms with Crippen LogP contribution in [0.25, 0.3) is 5.57 Å². The first-order valence-corrected chi connectivity index (χ1v) is 10.8. The molecule has 0 radical (unpaired) electrons. The van der Waals surface area contributed by atoms with E-state index in [1.807, 2.05) is 6.20 Å². The lowest BCUT2D eigenvalue weighted by Gasteiger charge is -2.45. The molecule has 26 heavy (non-hydrogen) atoms. The van der Waals surface area contributed by atoms with Crippen molar-refractivity contribution in [3.8, 4) is 0 Å². The van der Waals surface area contributed by atoms with Gasteiger partial charge in [-0.1, -0.05) is 57.9 Å². The SMILES string of the molecule is C=C(C)C(CCC(C)C)C1CCC2C(c3cccnc3)=CCC2C1CC. The van der Waals surface area contributed by atoms with Crippen molar-refractivity contribution in [1.29, 1.82) is 0 Å². The molecule has 1 aromatic rings. The number of pyridine rings is 1. The zero-order valence-corrected chi connectivity index (χ0v) is 17.2. The first-order valence-electron chi connectivity index (χ1n) is 10.8. The van der Waals surface area contributed by atoms with E-state index < -0.39 is 0 Å². The fourth-order valence-corrected chi connectivity index (χ4v) is 5.87. The highest BCUT2D eigenvalue weighted by atomic mass is 14.6. The molecule has 0 aromatic carbocycles. The largest absolute Gasteiger partial charge is 0.264 e. The fourth-order valence-electron chi connectivity index (χ4n) is 5.87. The molecule has 0 amide bonds. The Morgan fingerprint density at radius 1 is 1.27 bits per heavy atom. The number of rotatable bonds is 7. The van der Waals surface area contributed by atoms with Gasteiger partial charge in [-0.05, 0) is 85.3 Å². The number of hydrogen-bond acceptors (Lipinski definition) is 1. The van der Waals surface area contributed by atoms with Crippen molar-refractivity contribution in [2.45, 2.75) is 66.2 Å². The summed E-state index contributed by atoms with van der Waals surface area (Å²) < 4.78 is 0. The molecule has 0 spiro atoms. The van der Waals surface area contributed by atoms with E-state index in [2.05, 4.69) is 63.7 Å². The third-order valence-electron chi connectivity index (χ3n) is 7.11. The Labute approximate surface area is 161 Å². The van der Waals surface area contributed by atoms with E-state index in [0.29, 0.717) is 5.92 Å². The molecule has 1 heterocycles.